The largest absolute Gasteiger partial charge is 0.381 e. The summed E-state index contributed by atoms with van der Waals surface area (Å²) in [6, 6.07) is 7.95. The maximum absolute atomic E-state index is 5.54. The van der Waals surface area contributed by atoms with E-state index in [1.165, 1.54) is 5.56 Å². The second kappa shape index (κ2) is 3.13. The normalized spacial score (nSPS) is 11.1. The van der Waals surface area contributed by atoms with E-state index in [1.807, 2.05) is 12.3 Å². The number of H-pyrrole nitrogens is 1. The summed E-state index contributed by atoms with van der Waals surface area (Å²) in [4.78, 5) is 3.19. The molecule has 3 rings (SSSR count). The lowest BCUT2D eigenvalue weighted by molar-refractivity contribution is 0.436. The van der Waals surface area contributed by atoms with Crippen molar-refractivity contribution in [2.45, 2.75) is 6.92 Å². The zero-order valence-corrected chi connectivity index (χ0v) is 8.82. The predicted octanol–water partition coefficient (Wildman–Crippen LogP) is 2.71. The molecule has 0 aliphatic carbocycles. The summed E-state index contributed by atoms with van der Waals surface area (Å²) in [5.41, 5.74) is 8.82. The zero-order valence-electron chi connectivity index (χ0n) is 8.82. The molecule has 2 heterocycles. The van der Waals surface area contributed by atoms with Crippen LogP contribution in [0.3, 0.4) is 0 Å². The molecule has 0 amide bonds. The van der Waals surface area contributed by atoms with E-state index in [9.17, 15) is 0 Å². The van der Waals surface area contributed by atoms with Crippen LogP contribution in [0.15, 0.2) is 35.0 Å². The van der Waals surface area contributed by atoms with Crippen molar-refractivity contribution in [1.29, 1.82) is 0 Å². The summed E-state index contributed by atoms with van der Waals surface area (Å²) in [6.45, 7) is 2.06. The number of fused-ring (bicyclic) bond motifs is 1. The van der Waals surface area contributed by atoms with Crippen molar-refractivity contribution in [3.8, 4) is 11.3 Å². The van der Waals surface area contributed by atoms with Crippen molar-refractivity contribution in [3.63, 3.8) is 0 Å². The van der Waals surface area contributed by atoms with Crippen LogP contribution >= 0.6 is 0 Å². The van der Waals surface area contributed by atoms with E-state index in [0.29, 0.717) is 11.6 Å². The lowest BCUT2D eigenvalue weighted by Crippen LogP contribution is -1.79. The quantitative estimate of drug-likeness (QED) is 0.653. The lowest BCUT2D eigenvalue weighted by atomic mass is 10.1. The second-order valence-electron chi connectivity index (χ2n) is 3.87. The Morgan fingerprint density at radius 2 is 2.19 bits per heavy atom. The molecule has 0 atom stereocenters. The molecule has 0 radical (unpaired) electrons. The molecule has 4 heteroatoms. The Bertz CT molecular complexity index is 651. The maximum atomic E-state index is 5.54. The molecule has 3 N–H and O–H groups in total. The first-order valence-corrected chi connectivity index (χ1v) is 5.04. The molecule has 0 fully saturated rings. The minimum Gasteiger partial charge on any atom is -0.381 e. The van der Waals surface area contributed by atoms with Crippen LogP contribution in [0, 0.1) is 6.92 Å². The third kappa shape index (κ3) is 1.27. The molecule has 2 aromatic heterocycles. The van der Waals surface area contributed by atoms with Crippen molar-refractivity contribution in [2.24, 2.45) is 0 Å². The minimum absolute atomic E-state index is 0.400. The van der Waals surface area contributed by atoms with Crippen LogP contribution in [0.5, 0.6) is 0 Å². The summed E-state index contributed by atoms with van der Waals surface area (Å²) in [6.07, 6.45) is 1.91. The molecule has 80 valence electrons. The number of nitrogens with one attached hydrogen (secondary N) is 1. The predicted molar refractivity (Wildman–Crippen MR) is 62.9 cm³/mol. The van der Waals surface area contributed by atoms with Gasteiger partial charge in [0.15, 0.2) is 11.6 Å². The third-order valence-corrected chi connectivity index (χ3v) is 2.63. The van der Waals surface area contributed by atoms with Gasteiger partial charge in [-0.3, -0.25) is 0 Å². The van der Waals surface area contributed by atoms with Gasteiger partial charge in [0.2, 0.25) is 0 Å². The van der Waals surface area contributed by atoms with Gasteiger partial charge in [0, 0.05) is 28.7 Å². The Morgan fingerprint density at radius 3 is 2.94 bits per heavy atom. The van der Waals surface area contributed by atoms with E-state index in [4.69, 9.17) is 10.3 Å². The van der Waals surface area contributed by atoms with Crippen LogP contribution in [-0.2, 0) is 0 Å². The number of hydrogen-bond acceptors (Lipinski definition) is 3. The van der Waals surface area contributed by atoms with E-state index in [1.54, 1.807) is 6.07 Å². The molecule has 1 aromatic carbocycles. The van der Waals surface area contributed by atoms with Gasteiger partial charge in [-0.25, -0.2) is 0 Å². The molecule has 0 saturated carbocycles. The summed E-state index contributed by atoms with van der Waals surface area (Å²) < 4.78 is 5.16. The van der Waals surface area contributed by atoms with Crippen molar-refractivity contribution in [2.75, 3.05) is 5.73 Å². The van der Waals surface area contributed by atoms with Gasteiger partial charge in [-0.2, -0.15) is 0 Å². The first-order chi connectivity index (χ1) is 7.74. The summed E-state index contributed by atoms with van der Waals surface area (Å²) in [5.74, 6) is 1.09. The van der Waals surface area contributed by atoms with Gasteiger partial charge in [-0.1, -0.05) is 16.8 Å². The molecule has 0 aliphatic rings. The van der Waals surface area contributed by atoms with E-state index in [-0.39, 0.29) is 0 Å². The fourth-order valence-corrected chi connectivity index (χ4v) is 1.85. The van der Waals surface area contributed by atoms with E-state index >= 15 is 0 Å². The van der Waals surface area contributed by atoms with Crippen LogP contribution in [-0.4, -0.2) is 10.1 Å². The van der Waals surface area contributed by atoms with E-state index in [0.717, 1.165) is 16.5 Å². The highest BCUT2D eigenvalue weighted by atomic mass is 16.5. The molecule has 0 bridgehead atoms. The van der Waals surface area contributed by atoms with Crippen LogP contribution in [0.4, 0.5) is 5.82 Å². The average Bonchev–Trinajstić information content (AvgIpc) is 2.83. The average molecular weight is 213 g/mol. The van der Waals surface area contributed by atoms with Gasteiger partial charge in [0.25, 0.3) is 0 Å². The third-order valence-electron chi connectivity index (χ3n) is 2.63. The molecular weight excluding hydrogens is 202 g/mol. The minimum atomic E-state index is 0.400. The number of benzene rings is 1. The highest BCUT2D eigenvalue weighted by molar-refractivity contribution is 5.94. The molecule has 16 heavy (non-hydrogen) atoms. The summed E-state index contributed by atoms with van der Waals surface area (Å²) in [5, 5.41) is 4.81. The second-order valence-corrected chi connectivity index (χ2v) is 3.87. The van der Waals surface area contributed by atoms with Gasteiger partial charge in [-0.05, 0) is 19.1 Å². The first kappa shape index (κ1) is 9.03. The fraction of sp³-hybridized carbons (Fsp3) is 0.0833. The Labute approximate surface area is 92.0 Å². The SMILES string of the molecule is Cc1ccc2[nH]cc(-c3cc(N)no3)c2c1. The van der Waals surface area contributed by atoms with Crippen LogP contribution < -0.4 is 5.73 Å². The number of anilines is 1. The number of aromatic amines is 1. The van der Waals surface area contributed by atoms with Crippen molar-refractivity contribution in [3.05, 3.63) is 36.0 Å². The van der Waals surface area contributed by atoms with Crippen LogP contribution in [0.25, 0.3) is 22.2 Å². The molecule has 0 saturated heterocycles. The van der Waals surface area contributed by atoms with Gasteiger partial charge >= 0.3 is 0 Å². The molecule has 4 nitrogen and oxygen atoms in total. The van der Waals surface area contributed by atoms with Crippen LogP contribution in [0.1, 0.15) is 5.56 Å². The monoisotopic (exact) mass is 213 g/mol. The Kier molecular flexibility index (Phi) is 1.77. The number of nitrogens with two attached hydrogens (primary N) is 1. The Balaban J connectivity index is 2.27. The maximum Gasteiger partial charge on any atom is 0.171 e. The standard InChI is InChI=1S/C12H11N3O/c1-7-2-3-10-8(4-7)9(6-14-10)11-5-12(13)15-16-11/h2-6,14H,1H3,(H2,13,15). The van der Waals surface area contributed by atoms with Gasteiger partial charge in [-0.15, -0.1) is 0 Å². The molecule has 0 unspecified atom stereocenters. The van der Waals surface area contributed by atoms with Gasteiger partial charge < -0.3 is 15.2 Å². The summed E-state index contributed by atoms with van der Waals surface area (Å²) in [7, 11) is 0. The van der Waals surface area contributed by atoms with Crippen molar-refractivity contribution < 1.29 is 4.52 Å². The Hall–Kier alpha value is -2.23. The highest BCUT2D eigenvalue weighted by Crippen LogP contribution is 2.29. The number of nitrogen functional groups attached to an aromatic ring is 1. The molecule has 0 aliphatic heterocycles. The van der Waals surface area contributed by atoms with E-state index in [2.05, 4.69) is 29.2 Å². The van der Waals surface area contributed by atoms with Crippen molar-refractivity contribution >= 4 is 16.7 Å². The smallest absolute Gasteiger partial charge is 0.171 e. The molecular formula is C12H11N3O. The summed E-state index contributed by atoms with van der Waals surface area (Å²) >= 11 is 0. The number of rotatable bonds is 1. The van der Waals surface area contributed by atoms with Gasteiger partial charge in [0.1, 0.15) is 0 Å². The van der Waals surface area contributed by atoms with E-state index < -0.39 is 0 Å². The molecule has 3 aromatic rings. The van der Waals surface area contributed by atoms with Crippen LogP contribution in [0.2, 0.25) is 0 Å². The number of hydrogen-bond donors (Lipinski definition) is 2. The number of nitrogens with zero attached hydrogens (tertiary/aromatic N) is 1. The number of aryl methyl sites for hydroxylation is 1. The number of aromatic nitrogens is 2. The highest BCUT2D eigenvalue weighted by Gasteiger charge is 2.10. The molecule has 0 spiro atoms. The Morgan fingerprint density at radius 1 is 1.31 bits per heavy atom. The zero-order chi connectivity index (χ0) is 11.1. The topological polar surface area (TPSA) is 67.8 Å². The first-order valence-electron chi connectivity index (χ1n) is 5.04. The van der Waals surface area contributed by atoms with Crippen molar-refractivity contribution in [1.82, 2.24) is 10.1 Å². The fourth-order valence-electron chi connectivity index (χ4n) is 1.85. The van der Waals surface area contributed by atoms with Gasteiger partial charge in [0.05, 0.1) is 0 Å². The lowest BCUT2D eigenvalue weighted by Gasteiger charge is -1.95.